The molecule has 2 fully saturated rings. The number of rotatable bonds is 6. The third kappa shape index (κ3) is 6.41. The van der Waals surface area contributed by atoms with Crippen LogP contribution in [0.3, 0.4) is 0 Å². The zero-order valence-corrected chi connectivity index (χ0v) is 23.1. The highest BCUT2D eigenvalue weighted by Gasteiger charge is 2.59. The Hall–Kier alpha value is -2.30. The van der Waals surface area contributed by atoms with E-state index in [4.69, 9.17) is 32.7 Å². The second-order valence-corrected chi connectivity index (χ2v) is 12.1. The van der Waals surface area contributed by atoms with E-state index in [1.807, 2.05) is 30.3 Å². The van der Waals surface area contributed by atoms with Gasteiger partial charge in [0.25, 0.3) is 0 Å². The van der Waals surface area contributed by atoms with Crippen molar-refractivity contribution in [1.82, 2.24) is 10.6 Å². The number of alkyl carbamates (subject to hydrolysis) is 1. The van der Waals surface area contributed by atoms with Crippen molar-refractivity contribution in [3.05, 3.63) is 69.7 Å². The maximum absolute atomic E-state index is 13.0. The minimum atomic E-state index is -1.03. The Balaban J connectivity index is 1.72. The van der Waals surface area contributed by atoms with Crippen molar-refractivity contribution in [1.29, 1.82) is 5.26 Å². The van der Waals surface area contributed by atoms with E-state index >= 15 is 0 Å². The van der Waals surface area contributed by atoms with Gasteiger partial charge in [0, 0.05) is 35.8 Å². The number of nitrogens with one attached hydrogen (secondary N) is 2. The maximum Gasteiger partial charge on any atom is 0.408 e. The summed E-state index contributed by atoms with van der Waals surface area (Å²) in [5.74, 6) is -0.138. The number of benzene rings is 2. The second-order valence-electron chi connectivity index (χ2n) is 11.3. The first-order valence-electron chi connectivity index (χ1n) is 12.8. The van der Waals surface area contributed by atoms with Crippen LogP contribution in [0.4, 0.5) is 4.79 Å². The van der Waals surface area contributed by atoms with Gasteiger partial charge in [0.2, 0.25) is 0 Å². The lowest BCUT2D eigenvalue weighted by atomic mass is 9.64. The van der Waals surface area contributed by atoms with E-state index < -0.39 is 23.7 Å². The van der Waals surface area contributed by atoms with Gasteiger partial charge in [0.1, 0.15) is 5.41 Å². The summed E-state index contributed by atoms with van der Waals surface area (Å²) in [6.07, 6.45) is 1.26. The first-order valence-corrected chi connectivity index (χ1v) is 13.6. The smallest absolute Gasteiger partial charge is 0.408 e. The van der Waals surface area contributed by atoms with E-state index in [0.717, 1.165) is 24.0 Å². The standard InChI is InChI=1S/C29H35Cl2N3O3/c1-28(2,3)16-24-29(18-32,21-7-9-22(30)10-8-21)25(20-5-4-6-23(31)15-20)26(34-24)37-27(35)33-17-19-11-13-36-14-12-19/h4-10,15,19,24-26,34H,11-14,16-17H2,1-3H3,(H,33,35)/t24-,25-,26+,29-/m0/s1. The van der Waals surface area contributed by atoms with Gasteiger partial charge >= 0.3 is 6.09 Å². The third-order valence-electron chi connectivity index (χ3n) is 7.35. The van der Waals surface area contributed by atoms with Crippen molar-refractivity contribution in [2.75, 3.05) is 19.8 Å². The van der Waals surface area contributed by atoms with Crippen LogP contribution in [0.5, 0.6) is 0 Å². The zero-order chi connectivity index (χ0) is 26.6. The molecule has 0 spiro atoms. The third-order valence-corrected chi connectivity index (χ3v) is 7.84. The minimum absolute atomic E-state index is 0.0920. The number of halogens is 2. The number of amides is 1. The number of ether oxygens (including phenoxy) is 2. The van der Waals surface area contributed by atoms with Gasteiger partial charge in [0.05, 0.1) is 12.0 Å². The lowest BCUT2D eigenvalue weighted by molar-refractivity contribution is 0.0573. The van der Waals surface area contributed by atoms with E-state index in [1.54, 1.807) is 18.2 Å². The molecule has 2 aliphatic heterocycles. The molecule has 198 valence electrons. The number of nitrogens with zero attached hydrogens (tertiary/aromatic N) is 1. The lowest BCUT2D eigenvalue weighted by Gasteiger charge is -2.37. The van der Waals surface area contributed by atoms with Crippen molar-refractivity contribution in [2.45, 2.75) is 63.6 Å². The molecule has 1 amide bonds. The predicted molar refractivity (Wildman–Crippen MR) is 146 cm³/mol. The average molecular weight is 545 g/mol. The molecule has 0 aromatic heterocycles. The molecule has 4 atom stereocenters. The van der Waals surface area contributed by atoms with E-state index in [9.17, 15) is 10.1 Å². The molecule has 2 aromatic rings. The van der Waals surface area contributed by atoms with Gasteiger partial charge in [-0.1, -0.05) is 68.2 Å². The molecule has 2 heterocycles. The Morgan fingerprint density at radius 2 is 1.86 bits per heavy atom. The number of carbonyl (C=O) groups excluding carboxylic acids is 1. The van der Waals surface area contributed by atoms with Gasteiger partial charge in [-0.05, 0) is 66.0 Å². The highest BCUT2D eigenvalue weighted by molar-refractivity contribution is 6.30. The molecule has 37 heavy (non-hydrogen) atoms. The topological polar surface area (TPSA) is 83.4 Å². The molecule has 0 radical (unpaired) electrons. The normalized spacial score (nSPS) is 26.4. The number of nitriles is 1. The van der Waals surface area contributed by atoms with Gasteiger partial charge < -0.3 is 14.8 Å². The van der Waals surface area contributed by atoms with Gasteiger partial charge in [-0.25, -0.2) is 4.79 Å². The fourth-order valence-corrected chi connectivity index (χ4v) is 5.93. The maximum atomic E-state index is 13.0. The fourth-order valence-electron chi connectivity index (χ4n) is 5.61. The number of hydrogen-bond donors (Lipinski definition) is 2. The van der Waals surface area contributed by atoms with Crippen molar-refractivity contribution in [3.8, 4) is 6.07 Å². The summed E-state index contributed by atoms with van der Waals surface area (Å²) in [5, 5.41) is 18.5. The highest BCUT2D eigenvalue weighted by Crippen LogP contribution is 2.51. The fraction of sp³-hybridized carbons (Fsp3) is 0.517. The summed E-state index contributed by atoms with van der Waals surface area (Å²) in [7, 11) is 0. The Kier molecular flexibility index (Phi) is 8.70. The molecule has 2 saturated heterocycles. The molecule has 8 heteroatoms. The summed E-state index contributed by atoms with van der Waals surface area (Å²) in [4.78, 5) is 13.0. The van der Waals surface area contributed by atoms with Gasteiger partial charge in [-0.2, -0.15) is 5.26 Å². The summed E-state index contributed by atoms with van der Waals surface area (Å²) in [6, 6.07) is 17.2. The van der Waals surface area contributed by atoms with Gasteiger partial charge in [-0.15, -0.1) is 0 Å². The number of hydrogen-bond acceptors (Lipinski definition) is 5. The molecular weight excluding hydrogens is 509 g/mol. The molecule has 6 nitrogen and oxygen atoms in total. The molecular formula is C29H35Cl2N3O3. The van der Waals surface area contributed by atoms with Crippen LogP contribution in [0.1, 0.15) is 57.1 Å². The monoisotopic (exact) mass is 543 g/mol. The second kappa shape index (κ2) is 11.6. The van der Waals surface area contributed by atoms with Crippen LogP contribution in [0.25, 0.3) is 0 Å². The lowest BCUT2D eigenvalue weighted by Crippen LogP contribution is -2.44. The van der Waals surface area contributed by atoms with Crippen LogP contribution in [0, 0.1) is 22.7 Å². The predicted octanol–water partition coefficient (Wildman–Crippen LogP) is 6.43. The molecule has 0 aliphatic carbocycles. The van der Waals surface area contributed by atoms with Crippen molar-refractivity contribution in [2.24, 2.45) is 11.3 Å². The van der Waals surface area contributed by atoms with E-state index in [1.165, 1.54) is 0 Å². The highest BCUT2D eigenvalue weighted by atomic mass is 35.5. The van der Waals surface area contributed by atoms with Gasteiger partial charge in [0.15, 0.2) is 6.23 Å². The Bertz CT molecular complexity index is 1120. The summed E-state index contributed by atoms with van der Waals surface area (Å²) in [5.41, 5.74) is 0.523. The largest absolute Gasteiger partial charge is 0.430 e. The molecule has 0 unspecified atom stereocenters. The van der Waals surface area contributed by atoms with Crippen LogP contribution in [-0.2, 0) is 14.9 Å². The van der Waals surface area contributed by atoms with Crippen LogP contribution >= 0.6 is 23.2 Å². The molecule has 2 aromatic carbocycles. The minimum Gasteiger partial charge on any atom is -0.430 e. The van der Waals surface area contributed by atoms with Crippen LogP contribution < -0.4 is 10.6 Å². The zero-order valence-electron chi connectivity index (χ0n) is 21.6. The van der Waals surface area contributed by atoms with Crippen LogP contribution in [0.2, 0.25) is 10.0 Å². The quantitative estimate of drug-likeness (QED) is 0.438. The first kappa shape index (κ1) is 27.7. The number of carbonyl (C=O) groups is 1. The molecule has 0 bridgehead atoms. The SMILES string of the molecule is CC(C)(C)C[C@@H]1N[C@H](OC(=O)NCC2CCOCC2)[C@H](c2cccc(Cl)c2)[C@@]1(C#N)c1ccc(Cl)cc1. The molecule has 2 N–H and O–H groups in total. The Morgan fingerprint density at radius 1 is 1.16 bits per heavy atom. The van der Waals surface area contributed by atoms with Crippen molar-refractivity contribution >= 4 is 29.3 Å². The Morgan fingerprint density at radius 3 is 2.49 bits per heavy atom. The molecule has 2 aliphatic rings. The van der Waals surface area contributed by atoms with Crippen LogP contribution in [-0.4, -0.2) is 38.1 Å². The van der Waals surface area contributed by atoms with Crippen molar-refractivity contribution < 1.29 is 14.3 Å². The Labute approximate surface area is 229 Å². The summed E-state index contributed by atoms with van der Waals surface area (Å²) >= 11 is 12.6. The first-order chi connectivity index (χ1) is 17.6. The van der Waals surface area contributed by atoms with E-state index in [0.29, 0.717) is 42.1 Å². The molecule has 4 rings (SSSR count). The van der Waals surface area contributed by atoms with E-state index in [2.05, 4.69) is 37.5 Å². The average Bonchev–Trinajstić information content (AvgIpc) is 3.15. The van der Waals surface area contributed by atoms with Crippen LogP contribution in [0.15, 0.2) is 48.5 Å². The summed E-state index contributed by atoms with van der Waals surface area (Å²) in [6.45, 7) is 8.37. The molecule has 0 saturated carbocycles. The van der Waals surface area contributed by atoms with Gasteiger partial charge in [-0.3, -0.25) is 5.32 Å². The summed E-state index contributed by atoms with van der Waals surface area (Å²) < 4.78 is 11.5. The van der Waals surface area contributed by atoms with Crippen molar-refractivity contribution in [3.63, 3.8) is 0 Å². The van der Waals surface area contributed by atoms with E-state index in [-0.39, 0.29) is 11.5 Å².